The number of nitrogens with one attached hydrogen (secondary N) is 1. The zero-order chi connectivity index (χ0) is 13.7. The highest BCUT2D eigenvalue weighted by molar-refractivity contribution is 5.40. The number of aromatic nitrogens is 2. The molecule has 4 nitrogen and oxygen atoms in total. The van der Waals surface area contributed by atoms with Crippen LogP contribution in [0.2, 0.25) is 0 Å². The van der Waals surface area contributed by atoms with Crippen molar-refractivity contribution >= 4 is 5.82 Å². The van der Waals surface area contributed by atoms with Gasteiger partial charge in [0.1, 0.15) is 29.2 Å². The number of aryl methyl sites for hydroxylation is 1. The molecule has 5 heteroatoms. The minimum absolute atomic E-state index is 0.208. The molecule has 2 rings (SSSR count). The van der Waals surface area contributed by atoms with E-state index in [1.807, 2.05) is 6.07 Å². The zero-order valence-corrected chi connectivity index (χ0v) is 10.5. The molecule has 2 aromatic rings. The maximum Gasteiger partial charge on any atom is 0.146 e. The molecule has 0 radical (unpaired) electrons. The van der Waals surface area contributed by atoms with E-state index in [2.05, 4.69) is 15.3 Å². The van der Waals surface area contributed by atoms with Crippen LogP contribution in [0.1, 0.15) is 17.1 Å². The predicted octanol–water partition coefficient (Wildman–Crippen LogP) is 2.45. The van der Waals surface area contributed by atoms with Crippen molar-refractivity contribution in [1.29, 1.82) is 5.26 Å². The van der Waals surface area contributed by atoms with Crippen LogP contribution in [0.3, 0.4) is 0 Å². The summed E-state index contributed by atoms with van der Waals surface area (Å²) in [6, 6.07) is 10.2. The predicted molar refractivity (Wildman–Crippen MR) is 70.1 cm³/mol. The third-order valence-electron chi connectivity index (χ3n) is 2.61. The number of nitrogens with zero attached hydrogens (tertiary/aromatic N) is 3. The standard InChI is InChI=1S/C14H13FN4/c1-10-18-12(9-16)8-14(19-10)17-7-6-11-4-2-3-5-13(11)15/h2-5,8H,6-7H2,1H3,(H,17,18,19). The van der Waals surface area contributed by atoms with Crippen LogP contribution < -0.4 is 5.32 Å². The van der Waals surface area contributed by atoms with Crippen LogP contribution >= 0.6 is 0 Å². The van der Waals surface area contributed by atoms with Gasteiger partial charge in [-0.05, 0) is 25.0 Å². The molecule has 0 saturated carbocycles. The number of hydrogen-bond donors (Lipinski definition) is 1. The van der Waals surface area contributed by atoms with Gasteiger partial charge in [0, 0.05) is 12.6 Å². The van der Waals surface area contributed by atoms with E-state index in [-0.39, 0.29) is 5.82 Å². The SMILES string of the molecule is Cc1nc(C#N)cc(NCCc2ccccc2F)n1. The van der Waals surface area contributed by atoms with Gasteiger partial charge in [-0.25, -0.2) is 14.4 Å². The summed E-state index contributed by atoms with van der Waals surface area (Å²) in [5.41, 5.74) is 0.974. The summed E-state index contributed by atoms with van der Waals surface area (Å²) in [6.07, 6.45) is 0.553. The molecule has 0 saturated heterocycles. The van der Waals surface area contributed by atoms with Crippen LogP contribution in [0.15, 0.2) is 30.3 Å². The lowest BCUT2D eigenvalue weighted by Crippen LogP contribution is -2.08. The fourth-order valence-corrected chi connectivity index (χ4v) is 1.74. The molecule has 0 atom stereocenters. The third kappa shape index (κ3) is 3.49. The fourth-order valence-electron chi connectivity index (χ4n) is 1.74. The Hall–Kier alpha value is -2.48. The molecule has 0 bridgehead atoms. The summed E-state index contributed by atoms with van der Waals surface area (Å²) in [5.74, 6) is 0.911. The Morgan fingerprint density at radius 2 is 2.11 bits per heavy atom. The van der Waals surface area contributed by atoms with Crippen molar-refractivity contribution in [2.75, 3.05) is 11.9 Å². The van der Waals surface area contributed by atoms with Crippen molar-refractivity contribution < 1.29 is 4.39 Å². The molecule has 0 spiro atoms. The summed E-state index contributed by atoms with van der Waals surface area (Å²) >= 11 is 0. The molecule has 0 amide bonds. The minimum atomic E-state index is -0.208. The van der Waals surface area contributed by atoms with Crippen molar-refractivity contribution in [2.45, 2.75) is 13.3 Å². The lowest BCUT2D eigenvalue weighted by Gasteiger charge is -2.07. The number of benzene rings is 1. The Labute approximate surface area is 110 Å². The van der Waals surface area contributed by atoms with Crippen molar-refractivity contribution in [2.24, 2.45) is 0 Å². The van der Waals surface area contributed by atoms with Gasteiger partial charge in [-0.2, -0.15) is 5.26 Å². The molecule has 0 unspecified atom stereocenters. The van der Waals surface area contributed by atoms with E-state index in [0.29, 0.717) is 35.9 Å². The summed E-state index contributed by atoms with van der Waals surface area (Å²) in [6.45, 7) is 2.27. The van der Waals surface area contributed by atoms with Crippen molar-refractivity contribution in [1.82, 2.24) is 9.97 Å². The largest absolute Gasteiger partial charge is 0.370 e. The Morgan fingerprint density at radius 1 is 1.32 bits per heavy atom. The molecule has 1 N–H and O–H groups in total. The molecule has 96 valence electrons. The van der Waals surface area contributed by atoms with E-state index in [1.54, 1.807) is 31.2 Å². The van der Waals surface area contributed by atoms with Crippen molar-refractivity contribution in [3.63, 3.8) is 0 Å². The summed E-state index contributed by atoms with van der Waals surface area (Å²) in [7, 11) is 0. The Morgan fingerprint density at radius 3 is 2.84 bits per heavy atom. The Balaban J connectivity index is 1.98. The molecule has 1 aromatic heterocycles. The van der Waals surface area contributed by atoms with Gasteiger partial charge in [0.15, 0.2) is 0 Å². The smallest absolute Gasteiger partial charge is 0.146 e. The highest BCUT2D eigenvalue weighted by atomic mass is 19.1. The van der Waals surface area contributed by atoms with Crippen LogP contribution in [0, 0.1) is 24.1 Å². The lowest BCUT2D eigenvalue weighted by molar-refractivity contribution is 0.610. The van der Waals surface area contributed by atoms with Crippen molar-refractivity contribution in [3.8, 4) is 6.07 Å². The van der Waals surface area contributed by atoms with Gasteiger partial charge < -0.3 is 5.32 Å². The average Bonchev–Trinajstić information content (AvgIpc) is 2.40. The van der Waals surface area contributed by atoms with Crippen LogP contribution in [0.25, 0.3) is 0 Å². The second-order valence-electron chi connectivity index (χ2n) is 4.07. The Bertz CT molecular complexity index is 619. The first-order chi connectivity index (χ1) is 9.19. The number of rotatable bonds is 4. The van der Waals surface area contributed by atoms with Crippen LogP contribution in [-0.4, -0.2) is 16.5 Å². The van der Waals surface area contributed by atoms with Crippen LogP contribution in [0.4, 0.5) is 10.2 Å². The average molecular weight is 256 g/mol. The summed E-state index contributed by atoms with van der Waals surface area (Å²) in [5, 5.41) is 11.9. The minimum Gasteiger partial charge on any atom is -0.370 e. The normalized spacial score (nSPS) is 9.95. The molecule has 1 aromatic carbocycles. The van der Waals surface area contributed by atoms with E-state index in [1.165, 1.54) is 6.07 Å². The number of anilines is 1. The van der Waals surface area contributed by atoms with Gasteiger partial charge in [-0.3, -0.25) is 0 Å². The van der Waals surface area contributed by atoms with Crippen LogP contribution in [-0.2, 0) is 6.42 Å². The first-order valence-electron chi connectivity index (χ1n) is 5.92. The fraction of sp³-hybridized carbons (Fsp3) is 0.214. The van der Waals surface area contributed by atoms with Gasteiger partial charge in [-0.15, -0.1) is 0 Å². The monoisotopic (exact) mass is 256 g/mol. The molecule has 1 heterocycles. The highest BCUT2D eigenvalue weighted by Gasteiger charge is 2.03. The molecule has 0 aliphatic rings. The van der Waals surface area contributed by atoms with Gasteiger partial charge in [0.2, 0.25) is 0 Å². The van der Waals surface area contributed by atoms with Gasteiger partial charge >= 0.3 is 0 Å². The number of hydrogen-bond acceptors (Lipinski definition) is 4. The number of halogens is 1. The van der Waals surface area contributed by atoms with Gasteiger partial charge in [0.25, 0.3) is 0 Å². The molecular formula is C14H13FN4. The lowest BCUT2D eigenvalue weighted by atomic mass is 10.1. The van der Waals surface area contributed by atoms with E-state index in [4.69, 9.17) is 5.26 Å². The van der Waals surface area contributed by atoms with E-state index in [9.17, 15) is 4.39 Å². The maximum absolute atomic E-state index is 13.4. The quantitative estimate of drug-likeness (QED) is 0.912. The first kappa shape index (κ1) is 13.0. The molecule has 0 fully saturated rings. The molecular weight excluding hydrogens is 243 g/mol. The molecule has 0 aliphatic carbocycles. The van der Waals surface area contributed by atoms with E-state index >= 15 is 0 Å². The third-order valence-corrected chi connectivity index (χ3v) is 2.61. The maximum atomic E-state index is 13.4. The summed E-state index contributed by atoms with van der Waals surface area (Å²) in [4.78, 5) is 8.13. The van der Waals surface area contributed by atoms with Gasteiger partial charge in [-0.1, -0.05) is 18.2 Å². The molecule has 0 aliphatic heterocycles. The van der Waals surface area contributed by atoms with Crippen molar-refractivity contribution in [3.05, 3.63) is 53.2 Å². The van der Waals surface area contributed by atoms with Crippen LogP contribution in [0.5, 0.6) is 0 Å². The topological polar surface area (TPSA) is 61.6 Å². The first-order valence-corrected chi connectivity index (χ1v) is 5.92. The summed E-state index contributed by atoms with van der Waals surface area (Å²) < 4.78 is 13.4. The second-order valence-corrected chi connectivity index (χ2v) is 4.07. The van der Waals surface area contributed by atoms with Gasteiger partial charge in [0.05, 0.1) is 0 Å². The van der Waals surface area contributed by atoms with E-state index < -0.39 is 0 Å². The molecule has 19 heavy (non-hydrogen) atoms. The highest BCUT2D eigenvalue weighted by Crippen LogP contribution is 2.09. The van der Waals surface area contributed by atoms with E-state index in [0.717, 1.165) is 0 Å². The number of nitriles is 1. The Kier molecular flexibility index (Phi) is 4.04. The zero-order valence-electron chi connectivity index (χ0n) is 10.5. The second kappa shape index (κ2) is 5.91.